The molecule has 134 valence electrons. The molecule has 0 bridgehead atoms. The van der Waals surface area contributed by atoms with Crippen LogP contribution in [0.5, 0.6) is 0 Å². The van der Waals surface area contributed by atoms with E-state index < -0.39 is 11.7 Å². The van der Waals surface area contributed by atoms with Crippen molar-refractivity contribution >= 4 is 17.6 Å². The van der Waals surface area contributed by atoms with E-state index in [1.165, 1.54) is 0 Å². The van der Waals surface area contributed by atoms with Gasteiger partial charge in [0.15, 0.2) is 11.5 Å². The van der Waals surface area contributed by atoms with Gasteiger partial charge >= 0.3 is 6.09 Å². The zero-order valence-electron chi connectivity index (χ0n) is 15.5. The molecule has 0 aliphatic rings. The second kappa shape index (κ2) is 6.59. The van der Waals surface area contributed by atoms with Gasteiger partial charge in [-0.1, -0.05) is 20.8 Å². The summed E-state index contributed by atoms with van der Waals surface area (Å²) in [6, 6.07) is 5.32. The molecule has 0 saturated heterocycles. The van der Waals surface area contributed by atoms with Gasteiger partial charge in [-0.15, -0.1) is 0 Å². The Kier molecular flexibility index (Phi) is 4.88. The summed E-state index contributed by atoms with van der Waals surface area (Å²) in [5.41, 5.74) is 2.77. The number of fused-ring (bicyclic) bond motifs is 1. The minimum Gasteiger partial charge on any atom is -0.443 e. The summed E-state index contributed by atoms with van der Waals surface area (Å²) in [7, 11) is 0. The maximum Gasteiger partial charge on any atom is 0.426 e. The Morgan fingerprint density at radius 2 is 2.04 bits per heavy atom. The van der Waals surface area contributed by atoms with E-state index in [1.54, 1.807) is 48.6 Å². The first-order valence-electron chi connectivity index (χ1n) is 8.00. The standard InChI is InChI=1S/C17H24N6O2/c1-16(2,3)11-22(21-15(24)25-17(4,5)6)14-9-12(10-18)20-13-7-8-19-23(13)14/h7-9H,11H2,1-6H3,(H,21,24). The lowest BCUT2D eigenvalue weighted by atomic mass is 9.97. The Hall–Kier alpha value is -2.82. The highest BCUT2D eigenvalue weighted by Crippen LogP contribution is 2.22. The highest BCUT2D eigenvalue weighted by Gasteiger charge is 2.24. The fourth-order valence-electron chi connectivity index (χ4n) is 2.21. The average Bonchev–Trinajstić information content (AvgIpc) is 2.89. The third-order valence-electron chi connectivity index (χ3n) is 2.99. The molecule has 8 nitrogen and oxygen atoms in total. The minimum absolute atomic E-state index is 0.134. The average molecular weight is 344 g/mol. The molecule has 0 atom stereocenters. The van der Waals surface area contributed by atoms with E-state index in [9.17, 15) is 10.1 Å². The number of anilines is 1. The predicted molar refractivity (Wildman–Crippen MR) is 93.9 cm³/mol. The summed E-state index contributed by atoms with van der Waals surface area (Å²) in [6.45, 7) is 12.0. The predicted octanol–water partition coefficient (Wildman–Crippen LogP) is 2.89. The normalized spacial score (nSPS) is 11.9. The van der Waals surface area contributed by atoms with Crippen LogP contribution in [0.15, 0.2) is 18.3 Å². The molecule has 2 rings (SSSR count). The van der Waals surface area contributed by atoms with Crippen LogP contribution >= 0.6 is 0 Å². The molecule has 0 saturated carbocycles. The van der Waals surface area contributed by atoms with Crippen molar-refractivity contribution < 1.29 is 9.53 Å². The van der Waals surface area contributed by atoms with E-state index in [1.807, 2.05) is 26.8 Å². The van der Waals surface area contributed by atoms with Gasteiger partial charge < -0.3 is 4.74 Å². The molecule has 0 aliphatic heterocycles. The first-order chi connectivity index (χ1) is 11.5. The van der Waals surface area contributed by atoms with Crippen molar-refractivity contribution in [2.24, 2.45) is 5.41 Å². The van der Waals surface area contributed by atoms with E-state index >= 15 is 0 Å². The Bertz CT molecular complexity index is 807. The number of nitrogens with one attached hydrogen (secondary N) is 1. The lowest BCUT2D eigenvalue weighted by Gasteiger charge is -2.32. The number of amides is 1. The topological polar surface area (TPSA) is 95.6 Å². The quantitative estimate of drug-likeness (QED) is 0.860. The maximum absolute atomic E-state index is 12.3. The second-order valence-electron chi connectivity index (χ2n) is 7.97. The van der Waals surface area contributed by atoms with Crippen LogP contribution in [0, 0.1) is 16.7 Å². The fraction of sp³-hybridized carbons (Fsp3) is 0.529. The first kappa shape index (κ1) is 18.5. The highest BCUT2D eigenvalue weighted by molar-refractivity contribution is 5.70. The van der Waals surface area contributed by atoms with E-state index in [0.717, 1.165) is 0 Å². The number of rotatable bonds is 3. The molecule has 0 aromatic carbocycles. The number of hydrogen-bond acceptors (Lipinski definition) is 6. The van der Waals surface area contributed by atoms with Crippen LogP contribution in [-0.4, -0.2) is 32.8 Å². The van der Waals surface area contributed by atoms with Gasteiger partial charge in [0.1, 0.15) is 17.4 Å². The summed E-state index contributed by atoms with van der Waals surface area (Å²) >= 11 is 0. The monoisotopic (exact) mass is 344 g/mol. The molecular weight excluding hydrogens is 320 g/mol. The molecule has 0 aliphatic carbocycles. The lowest BCUT2D eigenvalue weighted by Crippen LogP contribution is -2.49. The first-order valence-corrected chi connectivity index (χ1v) is 8.00. The molecule has 0 spiro atoms. The molecule has 2 heterocycles. The summed E-state index contributed by atoms with van der Waals surface area (Å²) in [4.78, 5) is 16.5. The Labute approximate surface area is 147 Å². The van der Waals surface area contributed by atoms with Crippen LogP contribution in [0.2, 0.25) is 0 Å². The highest BCUT2D eigenvalue weighted by atomic mass is 16.6. The molecular formula is C17H24N6O2. The fourth-order valence-corrected chi connectivity index (χ4v) is 2.21. The van der Waals surface area contributed by atoms with Crippen molar-refractivity contribution in [2.45, 2.75) is 47.1 Å². The molecule has 0 fully saturated rings. The van der Waals surface area contributed by atoms with Gasteiger partial charge in [0, 0.05) is 18.7 Å². The molecule has 25 heavy (non-hydrogen) atoms. The van der Waals surface area contributed by atoms with E-state index in [0.29, 0.717) is 18.0 Å². The molecule has 8 heteroatoms. The number of nitrogens with zero attached hydrogens (tertiary/aromatic N) is 5. The van der Waals surface area contributed by atoms with E-state index in [4.69, 9.17) is 4.74 Å². The van der Waals surface area contributed by atoms with Gasteiger partial charge in [0.2, 0.25) is 0 Å². The molecule has 1 N–H and O–H groups in total. The molecule has 0 unspecified atom stereocenters. The largest absolute Gasteiger partial charge is 0.443 e. The second-order valence-corrected chi connectivity index (χ2v) is 7.97. The van der Waals surface area contributed by atoms with Gasteiger partial charge in [0.25, 0.3) is 0 Å². The van der Waals surface area contributed by atoms with Gasteiger partial charge in [-0.05, 0) is 26.2 Å². The number of hydrogen-bond donors (Lipinski definition) is 1. The number of ether oxygens (including phenoxy) is 1. The number of aromatic nitrogens is 3. The van der Waals surface area contributed by atoms with Gasteiger partial charge in [-0.2, -0.15) is 14.9 Å². The van der Waals surface area contributed by atoms with Crippen molar-refractivity contribution in [1.82, 2.24) is 20.0 Å². The van der Waals surface area contributed by atoms with Gasteiger partial charge in [-0.3, -0.25) is 5.01 Å². The molecule has 2 aromatic rings. The molecule has 2 aromatic heterocycles. The van der Waals surface area contributed by atoms with E-state index in [-0.39, 0.29) is 11.1 Å². The van der Waals surface area contributed by atoms with Crippen LogP contribution in [0.1, 0.15) is 47.2 Å². The Balaban J connectivity index is 2.44. The number of nitriles is 1. The van der Waals surface area contributed by atoms with Crippen molar-refractivity contribution in [3.63, 3.8) is 0 Å². The molecule has 0 radical (unpaired) electrons. The van der Waals surface area contributed by atoms with Crippen molar-refractivity contribution in [3.8, 4) is 6.07 Å². The van der Waals surface area contributed by atoms with Gasteiger partial charge in [0.05, 0.1) is 6.20 Å². The summed E-state index contributed by atoms with van der Waals surface area (Å²) in [5.74, 6) is 0.535. The summed E-state index contributed by atoms with van der Waals surface area (Å²) in [6.07, 6.45) is 1.02. The third kappa shape index (κ3) is 5.08. The summed E-state index contributed by atoms with van der Waals surface area (Å²) in [5, 5.41) is 15.1. The SMILES string of the molecule is CC(C)(C)CN(NC(=O)OC(C)(C)C)c1cc(C#N)nc2ccnn12. The zero-order chi connectivity index (χ0) is 18.8. The van der Waals surface area contributed by atoms with Crippen molar-refractivity contribution in [1.29, 1.82) is 5.26 Å². The van der Waals surface area contributed by atoms with Crippen LogP contribution in [0.25, 0.3) is 5.65 Å². The smallest absolute Gasteiger partial charge is 0.426 e. The third-order valence-corrected chi connectivity index (χ3v) is 2.99. The van der Waals surface area contributed by atoms with Crippen LogP contribution in [0.4, 0.5) is 10.6 Å². The lowest BCUT2D eigenvalue weighted by molar-refractivity contribution is 0.0516. The van der Waals surface area contributed by atoms with Crippen molar-refractivity contribution in [3.05, 3.63) is 24.0 Å². The maximum atomic E-state index is 12.3. The van der Waals surface area contributed by atoms with Crippen molar-refractivity contribution in [2.75, 3.05) is 11.6 Å². The van der Waals surface area contributed by atoms with Crippen LogP contribution in [0.3, 0.4) is 0 Å². The van der Waals surface area contributed by atoms with Gasteiger partial charge in [-0.25, -0.2) is 15.2 Å². The number of carbonyl (C=O) groups excluding carboxylic acids is 1. The zero-order valence-corrected chi connectivity index (χ0v) is 15.5. The summed E-state index contributed by atoms with van der Waals surface area (Å²) < 4.78 is 6.93. The Morgan fingerprint density at radius 3 is 2.60 bits per heavy atom. The molecule has 1 amide bonds. The number of carbonyl (C=O) groups is 1. The van der Waals surface area contributed by atoms with E-state index in [2.05, 4.69) is 15.5 Å². The van der Waals surface area contributed by atoms with Crippen LogP contribution in [-0.2, 0) is 4.74 Å². The Morgan fingerprint density at radius 1 is 1.36 bits per heavy atom. The minimum atomic E-state index is -0.617. The number of hydrazine groups is 1. The van der Waals surface area contributed by atoms with Crippen LogP contribution < -0.4 is 10.4 Å².